The van der Waals surface area contributed by atoms with Gasteiger partial charge in [0.05, 0.1) is 24.5 Å². The van der Waals surface area contributed by atoms with Crippen LogP contribution in [-0.4, -0.2) is 39.7 Å². The zero-order valence-electron chi connectivity index (χ0n) is 11.4. The minimum atomic E-state index is -1.27. The Kier molecular flexibility index (Phi) is 6.79. The van der Waals surface area contributed by atoms with Crippen LogP contribution in [0, 0.1) is 0 Å². The van der Waals surface area contributed by atoms with Crippen LogP contribution in [0.25, 0.3) is 0 Å². The molecular formula is C15H20O5. The lowest BCUT2D eigenvalue weighted by Gasteiger charge is -2.18. The lowest BCUT2D eigenvalue weighted by molar-refractivity contribution is 0.105. The normalized spacial score (nSPS) is 14.7. The summed E-state index contributed by atoms with van der Waals surface area (Å²) in [6.07, 6.45) is 0.0604. The van der Waals surface area contributed by atoms with E-state index in [0.29, 0.717) is 0 Å². The molecule has 0 aliphatic heterocycles. The Morgan fingerprint density at radius 1 is 1.25 bits per heavy atom. The molecule has 0 aromatic heterocycles. The van der Waals surface area contributed by atoms with Crippen LogP contribution < -0.4 is 0 Å². The van der Waals surface area contributed by atoms with E-state index in [-0.39, 0.29) is 30.3 Å². The maximum absolute atomic E-state index is 9.71. The second kappa shape index (κ2) is 8.37. The minimum absolute atomic E-state index is 0.0671. The highest BCUT2D eigenvalue weighted by Gasteiger charge is 2.19. The van der Waals surface area contributed by atoms with Gasteiger partial charge in [-0.15, -0.1) is 0 Å². The molecular weight excluding hydrogens is 260 g/mol. The van der Waals surface area contributed by atoms with Gasteiger partial charge in [0.25, 0.3) is 0 Å². The zero-order chi connectivity index (χ0) is 15.0. The fourth-order valence-electron chi connectivity index (χ4n) is 1.74. The predicted octanol–water partition coefficient (Wildman–Crippen LogP) is 1.26. The summed E-state index contributed by atoms with van der Waals surface area (Å²) in [6, 6.07) is 9.35. The van der Waals surface area contributed by atoms with Crippen LogP contribution in [0.4, 0.5) is 0 Å². The third-order valence-electron chi connectivity index (χ3n) is 2.68. The summed E-state index contributed by atoms with van der Waals surface area (Å²) in [6.45, 7) is 0.747. The molecule has 5 heteroatoms. The third kappa shape index (κ3) is 4.70. The standard InChI is InChI=1S/C15H20O5/c1-11(18)15(13(19)9-17)14(7-8-16)20-10-12-5-3-2-4-6-12/h2-7,13,16-19H,8-10H2,1H3/b14-7+,15-11+. The largest absolute Gasteiger partial charge is 0.512 e. The Morgan fingerprint density at radius 3 is 2.40 bits per heavy atom. The van der Waals surface area contributed by atoms with E-state index in [1.54, 1.807) is 0 Å². The fourth-order valence-corrected chi connectivity index (χ4v) is 1.74. The van der Waals surface area contributed by atoms with Gasteiger partial charge in [-0.2, -0.15) is 0 Å². The summed E-state index contributed by atoms with van der Waals surface area (Å²) in [5.41, 5.74) is 0.974. The van der Waals surface area contributed by atoms with Crippen molar-refractivity contribution < 1.29 is 25.2 Å². The predicted molar refractivity (Wildman–Crippen MR) is 74.8 cm³/mol. The zero-order valence-corrected chi connectivity index (χ0v) is 11.4. The quantitative estimate of drug-likeness (QED) is 0.446. The van der Waals surface area contributed by atoms with Crippen molar-refractivity contribution in [1.29, 1.82) is 0 Å². The van der Waals surface area contributed by atoms with E-state index in [1.165, 1.54) is 13.0 Å². The van der Waals surface area contributed by atoms with Gasteiger partial charge in [-0.3, -0.25) is 0 Å². The van der Waals surface area contributed by atoms with Crippen molar-refractivity contribution >= 4 is 0 Å². The van der Waals surface area contributed by atoms with E-state index in [0.717, 1.165) is 5.56 Å². The smallest absolute Gasteiger partial charge is 0.127 e. The molecule has 0 saturated heterocycles. The van der Waals surface area contributed by atoms with Crippen LogP contribution in [0.3, 0.4) is 0 Å². The monoisotopic (exact) mass is 280 g/mol. The van der Waals surface area contributed by atoms with Crippen molar-refractivity contribution in [2.24, 2.45) is 0 Å². The van der Waals surface area contributed by atoms with Crippen LogP contribution in [0.15, 0.2) is 53.5 Å². The molecule has 5 nitrogen and oxygen atoms in total. The van der Waals surface area contributed by atoms with Crippen molar-refractivity contribution in [1.82, 2.24) is 0 Å². The number of aliphatic hydroxyl groups excluding tert-OH is 4. The van der Waals surface area contributed by atoms with Gasteiger partial charge in [-0.25, -0.2) is 0 Å². The molecule has 0 heterocycles. The molecule has 4 N–H and O–H groups in total. The Morgan fingerprint density at radius 2 is 1.90 bits per heavy atom. The number of ether oxygens (including phenoxy) is 1. The van der Waals surface area contributed by atoms with Crippen LogP contribution in [0.1, 0.15) is 12.5 Å². The number of benzene rings is 1. The molecule has 110 valence electrons. The van der Waals surface area contributed by atoms with E-state index < -0.39 is 12.7 Å². The van der Waals surface area contributed by atoms with E-state index in [4.69, 9.17) is 14.9 Å². The van der Waals surface area contributed by atoms with Crippen LogP contribution >= 0.6 is 0 Å². The van der Waals surface area contributed by atoms with E-state index in [2.05, 4.69) is 0 Å². The summed E-state index contributed by atoms with van der Waals surface area (Å²) >= 11 is 0. The number of allylic oxidation sites excluding steroid dienone is 1. The van der Waals surface area contributed by atoms with Gasteiger partial charge in [0.1, 0.15) is 18.5 Å². The third-order valence-corrected chi connectivity index (χ3v) is 2.68. The molecule has 0 spiro atoms. The summed E-state index contributed by atoms with van der Waals surface area (Å²) in [4.78, 5) is 0. The molecule has 0 aliphatic carbocycles. The maximum atomic E-state index is 9.71. The Balaban J connectivity index is 2.89. The van der Waals surface area contributed by atoms with Crippen molar-refractivity contribution in [2.75, 3.05) is 13.2 Å². The lowest BCUT2D eigenvalue weighted by Crippen LogP contribution is -2.20. The molecule has 1 unspecified atom stereocenters. The second-order valence-electron chi connectivity index (χ2n) is 4.22. The minimum Gasteiger partial charge on any atom is -0.512 e. The summed E-state index contributed by atoms with van der Waals surface area (Å²) in [5, 5.41) is 37.4. The van der Waals surface area contributed by atoms with Crippen LogP contribution in [-0.2, 0) is 11.3 Å². The summed E-state index contributed by atoms with van der Waals surface area (Å²) < 4.78 is 5.53. The highest BCUT2D eigenvalue weighted by atomic mass is 16.5. The van der Waals surface area contributed by atoms with Gasteiger partial charge in [0.15, 0.2) is 0 Å². The molecule has 1 atom stereocenters. The van der Waals surface area contributed by atoms with E-state index in [9.17, 15) is 10.2 Å². The highest BCUT2D eigenvalue weighted by Crippen LogP contribution is 2.20. The molecule has 1 rings (SSSR count). The van der Waals surface area contributed by atoms with E-state index >= 15 is 0 Å². The molecule has 0 radical (unpaired) electrons. The first kappa shape index (κ1) is 16.2. The lowest BCUT2D eigenvalue weighted by atomic mass is 10.1. The first-order chi connectivity index (χ1) is 9.60. The van der Waals surface area contributed by atoms with Crippen LogP contribution in [0.2, 0.25) is 0 Å². The van der Waals surface area contributed by atoms with E-state index in [1.807, 2.05) is 30.3 Å². The molecule has 0 fully saturated rings. The molecule has 0 bridgehead atoms. The number of rotatable bonds is 7. The van der Waals surface area contributed by atoms with Gasteiger partial charge in [-0.05, 0) is 18.6 Å². The van der Waals surface area contributed by atoms with Crippen molar-refractivity contribution in [2.45, 2.75) is 19.6 Å². The van der Waals surface area contributed by atoms with Crippen molar-refractivity contribution in [3.63, 3.8) is 0 Å². The molecule has 20 heavy (non-hydrogen) atoms. The van der Waals surface area contributed by atoms with Gasteiger partial charge < -0.3 is 25.2 Å². The topological polar surface area (TPSA) is 90.2 Å². The van der Waals surface area contributed by atoms with Gasteiger partial charge in [0.2, 0.25) is 0 Å². The number of aliphatic hydroxyl groups is 4. The highest BCUT2D eigenvalue weighted by molar-refractivity contribution is 5.32. The average Bonchev–Trinajstić information content (AvgIpc) is 2.45. The fraction of sp³-hybridized carbons (Fsp3) is 0.333. The van der Waals surface area contributed by atoms with Gasteiger partial charge in [0, 0.05) is 0 Å². The average molecular weight is 280 g/mol. The Hall–Kier alpha value is -1.82. The maximum Gasteiger partial charge on any atom is 0.127 e. The first-order valence-corrected chi connectivity index (χ1v) is 6.27. The van der Waals surface area contributed by atoms with Crippen molar-refractivity contribution in [3.8, 4) is 0 Å². The first-order valence-electron chi connectivity index (χ1n) is 6.27. The van der Waals surface area contributed by atoms with Crippen LogP contribution in [0.5, 0.6) is 0 Å². The SMILES string of the molecule is C/C(O)=C(\C(=C/CO)OCc1ccccc1)C(O)CO. The second-order valence-corrected chi connectivity index (χ2v) is 4.22. The Bertz CT molecular complexity index is 460. The van der Waals surface area contributed by atoms with Gasteiger partial charge >= 0.3 is 0 Å². The molecule has 0 aliphatic rings. The number of hydrogen-bond donors (Lipinski definition) is 4. The van der Waals surface area contributed by atoms with Crippen molar-refractivity contribution in [3.05, 3.63) is 59.1 Å². The molecule has 1 aromatic carbocycles. The molecule has 0 saturated carbocycles. The summed E-state index contributed by atoms with van der Waals surface area (Å²) in [5.74, 6) is -0.0165. The number of hydrogen-bond acceptors (Lipinski definition) is 5. The molecule has 1 aromatic rings. The summed E-state index contributed by atoms with van der Waals surface area (Å²) in [7, 11) is 0. The van der Waals surface area contributed by atoms with Gasteiger partial charge in [-0.1, -0.05) is 30.3 Å². The molecule has 0 amide bonds. The Labute approximate surface area is 118 Å².